The minimum Gasteiger partial charge on any atom is -0.466 e. The fourth-order valence-electron chi connectivity index (χ4n) is 1.90. The Kier molecular flexibility index (Phi) is 3.88. The Labute approximate surface area is 100 Å². The van der Waals surface area contributed by atoms with Gasteiger partial charge in [-0.05, 0) is 42.7 Å². The molecule has 1 heterocycles. The SMILES string of the molecule is CCOC(=O)Cc1ccc2c(c1)CCCS2. The molecular formula is C13H16O2S. The van der Waals surface area contributed by atoms with Crippen molar-refractivity contribution in [1.29, 1.82) is 0 Å². The van der Waals surface area contributed by atoms with E-state index in [9.17, 15) is 4.79 Å². The van der Waals surface area contributed by atoms with E-state index < -0.39 is 0 Å². The van der Waals surface area contributed by atoms with Gasteiger partial charge in [-0.15, -0.1) is 11.8 Å². The van der Waals surface area contributed by atoms with Crippen LogP contribution in [0.2, 0.25) is 0 Å². The van der Waals surface area contributed by atoms with Crippen LogP contribution in [0, 0.1) is 0 Å². The average molecular weight is 236 g/mol. The van der Waals surface area contributed by atoms with E-state index in [0.717, 1.165) is 12.0 Å². The molecule has 16 heavy (non-hydrogen) atoms. The molecule has 3 heteroatoms. The quantitative estimate of drug-likeness (QED) is 0.755. The van der Waals surface area contributed by atoms with Crippen molar-refractivity contribution in [2.75, 3.05) is 12.4 Å². The van der Waals surface area contributed by atoms with E-state index in [4.69, 9.17) is 4.74 Å². The summed E-state index contributed by atoms with van der Waals surface area (Å²) >= 11 is 1.91. The van der Waals surface area contributed by atoms with Gasteiger partial charge in [0.2, 0.25) is 0 Å². The standard InChI is InChI=1S/C13H16O2S/c1-2-15-13(14)9-10-5-6-12-11(8-10)4-3-7-16-12/h5-6,8H,2-4,7,9H2,1H3. The van der Waals surface area contributed by atoms with Crippen molar-refractivity contribution in [1.82, 2.24) is 0 Å². The van der Waals surface area contributed by atoms with E-state index in [2.05, 4.69) is 12.1 Å². The van der Waals surface area contributed by atoms with Gasteiger partial charge >= 0.3 is 5.97 Å². The lowest BCUT2D eigenvalue weighted by molar-refractivity contribution is -0.142. The van der Waals surface area contributed by atoms with Gasteiger partial charge in [0.05, 0.1) is 13.0 Å². The van der Waals surface area contributed by atoms with Crippen molar-refractivity contribution in [3.8, 4) is 0 Å². The predicted molar refractivity (Wildman–Crippen MR) is 65.8 cm³/mol. The molecule has 0 saturated heterocycles. The maximum Gasteiger partial charge on any atom is 0.310 e. The van der Waals surface area contributed by atoms with Gasteiger partial charge in [-0.1, -0.05) is 12.1 Å². The molecule has 0 aliphatic carbocycles. The summed E-state index contributed by atoms with van der Waals surface area (Å²) in [7, 11) is 0. The number of benzene rings is 1. The second-order valence-corrected chi connectivity index (χ2v) is 5.01. The Balaban J connectivity index is 2.08. The molecule has 0 bridgehead atoms. The lowest BCUT2D eigenvalue weighted by Crippen LogP contribution is -2.08. The Hall–Kier alpha value is -0.960. The predicted octanol–water partition coefficient (Wildman–Crippen LogP) is 2.83. The number of ether oxygens (including phenoxy) is 1. The Morgan fingerprint density at radius 2 is 2.38 bits per heavy atom. The summed E-state index contributed by atoms with van der Waals surface area (Å²) in [6.45, 7) is 2.29. The lowest BCUT2D eigenvalue weighted by Gasteiger charge is -2.15. The van der Waals surface area contributed by atoms with Crippen LogP contribution in [0.4, 0.5) is 0 Å². The minimum atomic E-state index is -0.133. The summed E-state index contributed by atoms with van der Waals surface area (Å²) in [6, 6.07) is 6.32. The summed E-state index contributed by atoms with van der Waals surface area (Å²) in [5.74, 6) is 1.08. The highest BCUT2D eigenvalue weighted by atomic mass is 32.2. The number of carbonyl (C=O) groups excluding carboxylic acids is 1. The number of hydrogen-bond donors (Lipinski definition) is 0. The number of hydrogen-bond acceptors (Lipinski definition) is 3. The van der Waals surface area contributed by atoms with E-state index in [-0.39, 0.29) is 5.97 Å². The van der Waals surface area contributed by atoms with Crippen LogP contribution in [-0.2, 0) is 22.4 Å². The first-order valence-corrected chi connectivity index (χ1v) is 6.68. The van der Waals surface area contributed by atoms with Crippen molar-refractivity contribution in [3.63, 3.8) is 0 Å². The number of esters is 1. The van der Waals surface area contributed by atoms with Crippen LogP contribution >= 0.6 is 11.8 Å². The smallest absolute Gasteiger partial charge is 0.310 e. The maximum atomic E-state index is 11.4. The second-order valence-electron chi connectivity index (χ2n) is 3.88. The molecule has 2 nitrogen and oxygen atoms in total. The first-order valence-electron chi connectivity index (χ1n) is 5.70. The van der Waals surface area contributed by atoms with Gasteiger partial charge in [0, 0.05) is 4.90 Å². The molecule has 0 atom stereocenters. The van der Waals surface area contributed by atoms with Gasteiger partial charge in [-0.25, -0.2) is 0 Å². The molecular weight excluding hydrogens is 220 g/mol. The van der Waals surface area contributed by atoms with Crippen molar-refractivity contribution in [3.05, 3.63) is 29.3 Å². The third-order valence-corrected chi connectivity index (χ3v) is 3.83. The highest BCUT2D eigenvalue weighted by Gasteiger charge is 2.11. The number of aryl methyl sites for hydroxylation is 1. The summed E-state index contributed by atoms with van der Waals surface area (Å²) in [5.41, 5.74) is 2.46. The maximum absolute atomic E-state index is 11.4. The molecule has 1 aromatic carbocycles. The van der Waals surface area contributed by atoms with E-state index in [1.807, 2.05) is 24.8 Å². The molecule has 1 aromatic rings. The minimum absolute atomic E-state index is 0.133. The van der Waals surface area contributed by atoms with Crippen LogP contribution in [0.15, 0.2) is 23.1 Å². The summed E-state index contributed by atoms with van der Waals surface area (Å²) in [6.07, 6.45) is 2.77. The van der Waals surface area contributed by atoms with E-state index in [1.165, 1.54) is 22.6 Å². The highest BCUT2D eigenvalue weighted by molar-refractivity contribution is 7.99. The fraction of sp³-hybridized carbons (Fsp3) is 0.462. The zero-order valence-electron chi connectivity index (χ0n) is 9.49. The molecule has 0 radical (unpaired) electrons. The van der Waals surface area contributed by atoms with E-state index in [1.54, 1.807) is 0 Å². The van der Waals surface area contributed by atoms with Crippen LogP contribution in [0.1, 0.15) is 24.5 Å². The second kappa shape index (κ2) is 5.39. The van der Waals surface area contributed by atoms with Crippen LogP contribution in [-0.4, -0.2) is 18.3 Å². The van der Waals surface area contributed by atoms with E-state index in [0.29, 0.717) is 13.0 Å². The largest absolute Gasteiger partial charge is 0.466 e. The van der Waals surface area contributed by atoms with Crippen LogP contribution in [0.5, 0.6) is 0 Å². The van der Waals surface area contributed by atoms with Gasteiger partial charge < -0.3 is 4.74 Å². The van der Waals surface area contributed by atoms with Crippen molar-refractivity contribution < 1.29 is 9.53 Å². The van der Waals surface area contributed by atoms with Crippen molar-refractivity contribution >= 4 is 17.7 Å². The summed E-state index contributed by atoms with van der Waals surface area (Å²) in [5, 5.41) is 0. The van der Waals surface area contributed by atoms with Crippen LogP contribution < -0.4 is 0 Å². The normalized spacial score (nSPS) is 14.3. The molecule has 2 rings (SSSR count). The summed E-state index contributed by atoms with van der Waals surface area (Å²) < 4.78 is 4.95. The molecule has 0 fully saturated rings. The van der Waals surface area contributed by atoms with Gasteiger partial charge in [0.1, 0.15) is 0 Å². The fourth-order valence-corrected chi connectivity index (χ4v) is 2.92. The molecule has 1 aliphatic rings. The van der Waals surface area contributed by atoms with Crippen LogP contribution in [0.25, 0.3) is 0 Å². The highest BCUT2D eigenvalue weighted by Crippen LogP contribution is 2.30. The Morgan fingerprint density at radius 3 is 3.19 bits per heavy atom. The number of carbonyl (C=O) groups is 1. The molecule has 0 spiro atoms. The van der Waals surface area contributed by atoms with Gasteiger partial charge in [0.25, 0.3) is 0 Å². The molecule has 86 valence electrons. The monoisotopic (exact) mass is 236 g/mol. The van der Waals surface area contributed by atoms with Crippen LogP contribution in [0.3, 0.4) is 0 Å². The van der Waals surface area contributed by atoms with Gasteiger partial charge in [0.15, 0.2) is 0 Å². The average Bonchev–Trinajstić information content (AvgIpc) is 2.29. The zero-order valence-corrected chi connectivity index (χ0v) is 10.3. The molecule has 1 aliphatic heterocycles. The molecule has 0 saturated carbocycles. The zero-order chi connectivity index (χ0) is 11.4. The van der Waals surface area contributed by atoms with Crippen molar-refractivity contribution in [2.45, 2.75) is 31.1 Å². The number of thioether (sulfide) groups is 1. The molecule has 0 amide bonds. The van der Waals surface area contributed by atoms with E-state index >= 15 is 0 Å². The number of rotatable bonds is 3. The third-order valence-electron chi connectivity index (χ3n) is 2.63. The lowest BCUT2D eigenvalue weighted by atomic mass is 10.0. The first kappa shape index (κ1) is 11.5. The molecule has 0 N–H and O–H groups in total. The topological polar surface area (TPSA) is 26.3 Å². The van der Waals surface area contributed by atoms with Gasteiger partial charge in [-0.2, -0.15) is 0 Å². The number of fused-ring (bicyclic) bond motifs is 1. The molecule has 0 unspecified atom stereocenters. The van der Waals surface area contributed by atoms with Crippen molar-refractivity contribution in [2.24, 2.45) is 0 Å². The summed E-state index contributed by atoms with van der Waals surface area (Å²) in [4.78, 5) is 12.7. The molecule has 0 aromatic heterocycles. The third kappa shape index (κ3) is 2.79. The Bertz CT molecular complexity index is 388. The Morgan fingerprint density at radius 1 is 1.50 bits per heavy atom. The first-order chi connectivity index (χ1) is 7.79. The van der Waals surface area contributed by atoms with Gasteiger partial charge in [-0.3, -0.25) is 4.79 Å².